The molecule has 0 aliphatic carbocycles. The summed E-state index contributed by atoms with van der Waals surface area (Å²) in [6, 6.07) is 0. The van der Waals surface area contributed by atoms with Gasteiger partial charge in [-0.2, -0.15) is 0 Å². The van der Waals surface area contributed by atoms with E-state index < -0.39 is 0 Å². The third kappa shape index (κ3) is 2.64. The summed E-state index contributed by atoms with van der Waals surface area (Å²) < 4.78 is 0. The molecule has 0 aromatic heterocycles. The molecule has 1 heterocycles. The Kier molecular flexibility index (Phi) is 2.56. The molecule has 1 rings (SSSR count). The fraction of sp³-hybridized carbons (Fsp3) is 0.333. The Morgan fingerprint density at radius 2 is 2.33 bits per heavy atom. The van der Waals surface area contributed by atoms with E-state index in [1.54, 1.807) is 18.6 Å². The van der Waals surface area contributed by atoms with Crippen LogP contribution in [0.2, 0.25) is 0 Å². The Labute approximate surface area is 54.2 Å². The zero-order valence-electron chi connectivity index (χ0n) is 5.12. The first-order chi connectivity index (χ1) is 4.50. The molecule has 48 valence electrons. The van der Waals surface area contributed by atoms with Gasteiger partial charge >= 0.3 is 0 Å². The first kappa shape index (κ1) is 6.01. The van der Waals surface area contributed by atoms with Crippen LogP contribution < -0.4 is 5.32 Å². The van der Waals surface area contributed by atoms with Crippen LogP contribution in [-0.4, -0.2) is 25.5 Å². The van der Waals surface area contributed by atoms with Gasteiger partial charge in [-0.15, -0.1) is 0 Å². The first-order valence-corrected chi connectivity index (χ1v) is 2.88. The molecule has 3 heteroatoms. The van der Waals surface area contributed by atoms with Crippen molar-refractivity contribution < 1.29 is 0 Å². The highest BCUT2D eigenvalue weighted by molar-refractivity contribution is 5.67. The van der Waals surface area contributed by atoms with Crippen LogP contribution in [0, 0.1) is 0 Å². The lowest BCUT2D eigenvalue weighted by molar-refractivity contribution is 1.02. The number of nitrogens with zero attached hydrogens (tertiary/aromatic N) is 2. The van der Waals surface area contributed by atoms with Gasteiger partial charge in [-0.05, 0) is 0 Å². The predicted octanol–water partition coefficient (Wildman–Crippen LogP) is 0.202. The number of aliphatic imine (C=N–C) groups is 2. The van der Waals surface area contributed by atoms with E-state index in [2.05, 4.69) is 15.3 Å². The van der Waals surface area contributed by atoms with Crippen LogP contribution in [0.5, 0.6) is 0 Å². The second-order valence-corrected chi connectivity index (χ2v) is 1.60. The van der Waals surface area contributed by atoms with Crippen LogP contribution in [-0.2, 0) is 0 Å². The number of hydrogen-bond donors (Lipinski definition) is 1. The molecule has 1 aliphatic rings. The van der Waals surface area contributed by atoms with Gasteiger partial charge in [0.2, 0.25) is 0 Å². The fourth-order valence-electron chi connectivity index (χ4n) is 0.511. The van der Waals surface area contributed by atoms with Crippen LogP contribution in [0.1, 0.15) is 0 Å². The average molecular weight is 123 g/mol. The molecule has 0 bridgehead atoms. The van der Waals surface area contributed by atoms with Crippen molar-refractivity contribution in [3.63, 3.8) is 0 Å². The van der Waals surface area contributed by atoms with Crippen LogP contribution in [0.4, 0.5) is 0 Å². The van der Waals surface area contributed by atoms with Gasteiger partial charge < -0.3 is 5.32 Å². The van der Waals surface area contributed by atoms with Gasteiger partial charge in [0, 0.05) is 31.4 Å². The third-order valence-electron chi connectivity index (χ3n) is 0.909. The Hall–Kier alpha value is -1.12. The summed E-state index contributed by atoms with van der Waals surface area (Å²) in [5.74, 6) is 0. The van der Waals surface area contributed by atoms with E-state index in [1.807, 2.05) is 6.21 Å². The topological polar surface area (TPSA) is 36.8 Å². The molecule has 0 aromatic rings. The molecule has 0 saturated heterocycles. The molecule has 1 aliphatic heterocycles. The maximum atomic E-state index is 4.01. The van der Waals surface area contributed by atoms with E-state index in [0.29, 0.717) is 6.54 Å². The van der Waals surface area contributed by atoms with Crippen molar-refractivity contribution in [2.75, 3.05) is 13.1 Å². The minimum absolute atomic E-state index is 0.687. The Morgan fingerprint density at radius 1 is 1.33 bits per heavy atom. The first-order valence-electron chi connectivity index (χ1n) is 2.88. The van der Waals surface area contributed by atoms with Crippen LogP contribution in [0.3, 0.4) is 0 Å². The van der Waals surface area contributed by atoms with Gasteiger partial charge in [0.05, 0.1) is 6.54 Å². The molecule has 0 atom stereocenters. The van der Waals surface area contributed by atoms with Crippen LogP contribution in [0.15, 0.2) is 22.4 Å². The normalized spacial score (nSPS) is 17.8. The molecule has 0 aromatic carbocycles. The van der Waals surface area contributed by atoms with Crippen molar-refractivity contribution in [1.29, 1.82) is 0 Å². The van der Waals surface area contributed by atoms with Crippen molar-refractivity contribution in [3.05, 3.63) is 12.4 Å². The lowest BCUT2D eigenvalue weighted by Crippen LogP contribution is -2.07. The highest BCUT2D eigenvalue weighted by Gasteiger charge is 1.76. The highest BCUT2D eigenvalue weighted by Crippen LogP contribution is 1.73. The second kappa shape index (κ2) is 3.83. The lowest BCUT2D eigenvalue weighted by Gasteiger charge is -1.87. The van der Waals surface area contributed by atoms with E-state index in [0.717, 1.165) is 6.54 Å². The molecule has 0 radical (unpaired) electrons. The Balaban J connectivity index is 2.43. The fourth-order valence-corrected chi connectivity index (χ4v) is 0.511. The average Bonchev–Trinajstić information content (AvgIpc) is 2.00. The summed E-state index contributed by atoms with van der Waals surface area (Å²) in [6.07, 6.45) is 7.12. The summed E-state index contributed by atoms with van der Waals surface area (Å²) >= 11 is 0. The monoisotopic (exact) mass is 123 g/mol. The Bertz CT molecular complexity index is 146. The van der Waals surface area contributed by atoms with Gasteiger partial charge in [0.15, 0.2) is 0 Å². The van der Waals surface area contributed by atoms with Crippen molar-refractivity contribution >= 4 is 12.4 Å². The highest BCUT2D eigenvalue weighted by atomic mass is 14.9. The summed E-state index contributed by atoms with van der Waals surface area (Å²) in [5.41, 5.74) is 0. The molecule has 0 fully saturated rings. The molecular formula is C6H9N3. The summed E-state index contributed by atoms with van der Waals surface area (Å²) in [7, 11) is 0. The zero-order valence-corrected chi connectivity index (χ0v) is 5.12. The third-order valence-corrected chi connectivity index (χ3v) is 0.909. The van der Waals surface area contributed by atoms with Gasteiger partial charge in [-0.25, -0.2) is 0 Å². The van der Waals surface area contributed by atoms with Crippen LogP contribution >= 0.6 is 0 Å². The van der Waals surface area contributed by atoms with Gasteiger partial charge in [-0.1, -0.05) is 0 Å². The molecule has 3 nitrogen and oxygen atoms in total. The predicted molar refractivity (Wildman–Crippen MR) is 39.0 cm³/mol. The van der Waals surface area contributed by atoms with E-state index in [1.165, 1.54) is 0 Å². The SMILES string of the molecule is C1=CNCC=NCC=N1. The van der Waals surface area contributed by atoms with E-state index in [4.69, 9.17) is 0 Å². The van der Waals surface area contributed by atoms with Gasteiger partial charge in [-0.3, -0.25) is 9.98 Å². The van der Waals surface area contributed by atoms with Crippen molar-refractivity contribution in [1.82, 2.24) is 5.32 Å². The van der Waals surface area contributed by atoms with E-state index >= 15 is 0 Å². The number of rotatable bonds is 0. The maximum Gasteiger partial charge on any atom is 0.0739 e. The maximum absolute atomic E-state index is 4.01. The molecular weight excluding hydrogens is 114 g/mol. The molecule has 0 amide bonds. The van der Waals surface area contributed by atoms with E-state index in [9.17, 15) is 0 Å². The van der Waals surface area contributed by atoms with Crippen LogP contribution in [0.25, 0.3) is 0 Å². The molecule has 9 heavy (non-hydrogen) atoms. The summed E-state index contributed by atoms with van der Waals surface area (Å²) in [4.78, 5) is 7.92. The van der Waals surface area contributed by atoms with Crippen molar-refractivity contribution in [3.8, 4) is 0 Å². The minimum atomic E-state index is 0.687. The molecule has 1 N–H and O–H groups in total. The number of nitrogens with one attached hydrogen (secondary N) is 1. The summed E-state index contributed by atoms with van der Waals surface area (Å²) in [6.45, 7) is 1.48. The van der Waals surface area contributed by atoms with Crippen molar-refractivity contribution in [2.45, 2.75) is 0 Å². The lowest BCUT2D eigenvalue weighted by atomic mass is 10.7. The molecule has 0 unspecified atom stereocenters. The second-order valence-electron chi connectivity index (χ2n) is 1.60. The van der Waals surface area contributed by atoms with E-state index in [-0.39, 0.29) is 0 Å². The van der Waals surface area contributed by atoms with Gasteiger partial charge in [0.1, 0.15) is 0 Å². The van der Waals surface area contributed by atoms with Crippen molar-refractivity contribution in [2.24, 2.45) is 9.98 Å². The minimum Gasteiger partial charge on any atom is -0.385 e. The summed E-state index contributed by atoms with van der Waals surface area (Å²) in [5, 5.41) is 2.98. The number of hydrogen-bond acceptors (Lipinski definition) is 3. The quantitative estimate of drug-likeness (QED) is 0.491. The smallest absolute Gasteiger partial charge is 0.0739 e. The standard InChI is InChI=1S/C6H9N3/c1-2-8-5-6-9-4-3-7-1/h1-3,6,8H,4-5H2. The largest absolute Gasteiger partial charge is 0.385 e. The van der Waals surface area contributed by atoms with Gasteiger partial charge in [0.25, 0.3) is 0 Å². The Morgan fingerprint density at radius 3 is 3.33 bits per heavy atom. The zero-order chi connectivity index (χ0) is 6.36. The molecule has 0 saturated carbocycles. The molecule has 0 spiro atoms.